The first-order valence-corrected chi connectivity index (χ1v) is 6.09. The van der Waals surface area contributed by atoms with Crippen molar-refractivity contribution in [3.8, 4) is 0 Å². The third-order valence-corrected chi connectivity index (χ3v) is 3.44. The summed E-state index contributed by atoms with van der Waals surface area (Å²) in [5.41, 5.74) is 0.441. The third kappa shape index (κ3) is 2.79. The standard InChI is InChI=1S/C14H9F3.Ti/c15-14(16,17)13-9-5-4-8-12(13)10-11-6-2-1-3-7-11;/h1-9H;/q;+2. The molecule has 0 radical (unpaired) electrons. The molecule has 2 aromatic rings. The Morgan fingerprint density at radius 2 is 1.39 bits per heavy atom. The molecule has 0 N–H and O–H groups in total. The molecule has 0 nitrogen and oxygen atoms in total. The zero-order valence-corrected chi connectivity index (χ0v) is 10.9. The maximum absolute atomic E-state index is 12.9. The Morgan fingerprint density at radius 1 is 0.833 bits per heavy atom. The van der Waals surface area contributed by atoms with E-state index in [1.807, 2.05) is 30.3 Å². The van der Waals surface area contributed by atoms with E-state index in [0.717, 1.165) is 11.6 Å². The molecule has 0 aliphatic carbocycles. The van der Waals surface area contributed by atoms with Gasteiger partial charge in [-0.15, -0.1) is 0 Å². The fourth-order valence-electron chi connectivity index (χ4n) is 1.71. The van der Waals surface area contributed by atoms with Crippen molar-refractivity contribution >= 4 is 3.81 Å². The molecule has 0 aliphatic heterocycles. The summed E-state index contributed by atoms with van der Waals surface area (Å²) < 4.78 is 39.4. The second-order valence-electron chi connectivity index (χ2n) is 3.78. The van der Waals surface area contributed by atoms with Crippen LogP contribution in [0.25, 0.3) is 0 Å². The van der Waals surface area contributed by atoms with Crippen LogP contribution >= 0.6 is 0 Å². The zero-order valence-electron chi connectivity index (χ0n) is 9.33. The van der Waals surface area contributed by atoms with E-state index in [1.54, 1.807) is 26.0 Å². The summed E-state index contributed by atoms with van der Waals surface area (Å²) >= 11 is 1.71. The van der Waals surface area contributed by atoms with E-state index in [4.69, 9.17) is 0 Å². The first-order valence-electron chi connectivity index (χ1n) is 5.30. The van der Waals surface area contributed by atoms with E-state index >= 15 is 0 Å². The Hall–Kier alpha value is -1.19. The van der Waals surface area contributed by atoms with Crippen molar-refractivity contribution in [3.05, 3.63) is 71.3 Å². The van der Waals surface area contributed by atoms with Gasteiger partial charge in [0, 0.05) is 0 Å². The number of rotatable bonds is 2. The molecule has 4 heteroatoms. The summed E-state index contributed by atoms with van der Waals surface area (Å²) in [6.45, 7) is 0. The maximum atomic E-state index is 12.9. The van der Waals surface area contributed by atoms with Crippen molar-refractivity contribution in [2.75, 3.05) is 0 Å². The molecule has 18 heavy (non-hydrogen) atoms. The number of benzene rings is 2. The topological polar surface area (TPSA) is 0 Å². The number of halogens is 3. The molecule has 0 unspecified atom stereocenters. The average Bonchev–Trinajstić information content (AvgIpc) is 2.38. The van der Waals surface area contributed by atoms with Gasteiger partial charge in [-0.25, -0.2) is 0 Å². The molecule has 0 saturated carbocycles. The number of hydrogen-bond donors (Lipinski definition) is 0. The monoisotopic (exact) mass is 282 g/mol. The molecule has 0 aliphatic rings. The van der Waals surface area contributed by atoms with Gasteiger partial charge in [0.2, 0.25) is 0 Å². The molecule has 0 aromatic heterocycles. The van der Waals surface area contributed by atoms with E-state index in [1.165, 1.54) is 12.1 Å². The van der Waals surface area contributed by atoms with Gasteiger partial charge in [-0.05, 0) is 0 Å². The second-order valence-corrected chi connectivity index (χ2v) is 4.57. The van der Waals surface area contributed by atoms with Crippen LogP contribution in [0.3, 0.4) is 0 Å². The van der Waals surface area contributed by atoms with Crippen molar-refractivity contribution in [3.63, 3.8) is 0 Å². The quantitative estimate of drug-likeness (QED) is 0.734. The van der Waals surface area contributed by atoms with Gasteiger partial charge in [0.15, 0.2) is 0 Å². The predicted octanol–water partition coefficient (Wildman–Crippen LogP) is 3.82. The van der Waals surface area contributed by atoms with Crippen LogP contribution in [0.4, 0.5) is 13.2 Å². The summed E-state index contributed by atoms with van der Waals surface area (Å²) in [6, 6.07) is 14.7. The van der Waals surface area contributed by atoms with Crippen molar-refractivity contribution in [2.24, 2.45) is 0 Å². The SMILES string of the molecule is FC(F)(F)c1ccccc1[C](=[Ti+2])c1ccccc1. The molecule has 2 aromatic carbocycles. The summed E-state index contributed by atoms with van der Waals surface area (Å²) in [5.74, 6) is 0. The van der Waals surface area contributed by atoms with Gasteiger partial charge in [-0.2, -0.15) is 0 Å². The zero-order chi connectivity index (χ0) is 13.2. The Balaban J connectivity index is 2.50. The Bertz CT molecular complexity index is 559. The van der Waals surface area contributed by atoms with Crippen molar-refractivity contribution in [1.82, 2.24) is 0 Å². The molecule has 0 spiro atoms. The van der Waals surface area contributed by atoms with Gasteiger partial charge in [0.1, 0.15) is 0 Å². The Labute approximate surface area is 114 Å². The minimum atomic E-state index is -4.33. The summed E-state index contributed by atoms with van der Waals surface area (Å²) in [5, 5.41) is 0. The van der Waals surface area contributed by atoms with Crippen LogP contribution in [0.15, 0.2) is 54.6 Å². The molecule has 0 amide bonds. The molecular formula is C14H9F3Ti+2. The van der Waals surface area contributed by atoms with E-state index in [9.17, 15) is 13.2 Å². The molecule has 0 atom stereocenters. The first-order chi connectivity index (χ1) is 8.50. The Kier molecular flexibility index (Phi) is 3.83. The van der Waals surface area contributed by atoms with Gasteiger partial charge < -0.3 is 0 Å². The van der Waals surface area contributed by atoms with Crippen LogP contribution in [0.5, 0.6) is 0 Å². The van der Waals surface area contributed by atoms with Crippen LogP contribution in [0.2, 0.25) is 0 Å². The van der Waals surface area contributed by atoms with Crippen LogP contribution in [0.1, 0.15) is 16.7 Å². The minimum absolute atomic E-state index is 0.233. The normalized spacial score (nSPS) is 11.4. The predicted molar refractivity (Wildman–Crippen MR) is 61.1 cm³/mol. The van der Waals surface area contributed by atoms with Crippen molar-refractivity contribution < 1.29 is 33.1 Å². The fourth-order valence-corrected chi connectivity index (χ4v) is 2.31. The first kappa shape index (κ1) is 13.3. The molecular weight excluding hydrogens is 273 g/mol. The Morgan fingerprint density at radius 3 is 2.00 bits per heavy atom. The van der Waals surface area contributed by atoms with E-state index in [-0.39, 0.29) is 5.56 Å². The number of alkyl halides is 3. The van der Waals surface area contributed by atoms with E-state index < -0.39 is 11.7 Å². The molecule has 0 saturated heterocycles. The second kappa shape index (κ2) is 5.21. The van der Waals surface area contributed by atoms with Crippen LogP contribution in [-0.4, -0.2) is 3.81 Å². The van der Waals surface area contributed by atoms with Gasteiger partial charge >= 0.3 is 114 Å². The van der Waals surface area contributed by atoms with Gasteiger partial charge in [-0.1, -0.05) is 0 Å². The van der Waals surface area contributed by atoms with Crippen molar-refractivity contribution in [1.29, 1.82) is 0 Å². The van der Waals surface area contributed by atoms with Gasteiger partial charge in [0.25, 0.3) is 0 Å². The summed E-state index contributed by atoms with van der Waals surface area (Å²) in [6.07, 6.45) is -4.33. The van der Waals surface area contributed by atoms with Crippen LogP contribution < -0.4 is 0 Å². The van der Waals surface area contributed by atoms with Gasteiger partial charge in [0.05, 0.1) is 0 Å². The molecule has 0 fully saturated rings. The molecule has 88 valence electrons. The van der Waals surface area contributed by atoms with Crippen LogP contribution in [-0.2, 0) is 26.1 Å². The van der Waals surface area contributed by atoms with Crippen molar-refractivity contribution in [2.45, 2.75) is 6.18 Å². The molecule has 0 bridgehead atoms. The van der Waals surface area contributed by atoms with Crippen LogP contribution in [0, 0.1) is 0 Å². The average molecular weight is 282 g/mol. The van der Waals surface area contributed by atoms with Gasteiger partial charge in [-0.3, -0.25) is 0 Å². The van der Waals surface area contributed by atoms with E-state index in [2.05, 4.69) is 0 Å². The number of hydrogen-bond acceptors (Lipinski definition) is 0. The molecule has 2 rings (SSSR count). The molecule has 0 heterocycles. The third-order valence-electron chi connectivity index (χ3n) is 2.56. The summed E-state index contributed by atoms with van der Waals surface area (Å²) in [4.78, 5) is 0. The summed E-state index contributed by atoms with van der Waals surface area (Å²) in [7, 11) is 0. The fraction of sp³-hybridized carbons (Fsp3) is 0.0714. The van der Waals surface area contributed by atoms with E-state index in [0.29, 0.717) is 3.81 Å².